The van der Waals surface area contributed by atoms with E-state index in [0.717, 1.165) is 11.3 Å². The molecule has 82 valence electrons. The highest BCUT2D eigenvalue weighted by atomic mass is 32.1. The number of nitrogens with zero attached hydrogens (tertiary/aromatic N) is 1. The maximum absolute atomic E-state index is 13.3. The fourth-order valence-corrected chi connectivity index (χ4v) is 1.98. The molecule has 0 amide bonds. The number of thiazole rings is 1. The molecule has 0 unspecified atom stereocenters. The molecule has 0 atom stereocenters. The summed E-state index contributed by atoms with van der Waals surface area (Å²) in [5.74, 6) is -1.33. The molecule has 16 heavy (non-hydrogen) atoms. The Labute approximate surface area is 95.2 Å². The predicted molar refractivity (Wildman–Crippen MR) is 59.2 cm³/mol. The Balaban J connectivity index is 2.42. The summed E-state index contributed by atoms with van der Waals surface area (Å²) >= 11 is 1.03. The van der Waals surface area contributed by atoms with Crippen LogP contribution in [-0.2, 0) is 0 Å². The maximum atomic E-state index is 13.3. The largest absolute Gasteiger partial charge is 0.477 e. The lowest BCUT2D eigenvalue weighted by Crippen LogP contribution is -1.89. The van der Waals surface area contributed by atoms with Gasteiger partial charge in [0, 0.05) is 5.56 Å². The zero-order chi connectivity index (χ0) is 11.7. The van der Waals surface area contributed by atoms with Crippen molar-refractivity contribution in [3.8, 4) is 10.6 Å². The molecule has 0 spiro atoms. The van der Waals surface area contributed by atoms with Gasteiger partial charge in [-0.2, -0.15) is 0 Å². The van der Waals surface area contributed by atoms with Crippen molar-refractivity contribution >= 4 is 17.3 Å². The molecule has 3 nitrogen and oxygen atoms in total. The second kappa shape index (κ2) is 4.02. The van der Waals surface area contributed by atoms with Crippen LogP contribution >= 0.6 is 11.3 Å². The predicted octanol–water partition coefficient (Wildman–Crippen LogP) is 2.96. The average Bonchev–Trinajstić information content (AvgIpc) is 2.71. The van der Waals surface area contributed by atoms with Gasteiger partial charge in [-0.25, -0.2) is 14.2 Å². The van der Waals surface area contributed by atoms with Crippen LogP contribution in [0.1, 0.15) is 15.2 Å². The van der Waals surface area contributed by atoms with Crippen molar-refractivity contribution < 1.29 is 14.3 Å². The van der Waals surface area contributed by atoms with Gasteiger partial charge in [-0.05, 0) is 18.6 Å². The summed E-state index contributed by atoms with van der Waals surface area (Å²) in [6.07, 6.45) is 1.28. The number of carboxylic acid groups (broad SMARTS) is 1. The summed E-state index contributed by atoms with van der Waals surface area (Å²) in [4.78, 5) is 14.8. The fraction of sp³-hybridized carbons (Fsp3) is 0.0909. The van der Waals surface area contributed by atoms with Crippen LogP contribution in [-0.4, -0.2) is 16.1 Å². The first kappa shape index (κ1) is 10.8. The van der Waals surface area contributed by atoms with Crippen molar-refractivity contribution in [2.75, 3.05) is 0 Å². The third-order valence-corrected chi connectivity index (χ3v) is 3.17. The van der Waals surface area contributed by atoms with Crippen LogP contribution in [0.3, 0.4) is 0 Å². The van der Waals surface area contributed by atoms with Gasteiger partial charge in [-0.15, -0.1) is 11.3 Å². The van der Waals surface area contributed by atoms with E-state index >= 15 is 0 Å². The van der Waals surface area contributed by atoms with Gasteiger partial charge in [0.2, 0.25) is 0 Å². The molecule has 0 saturated carbocycles. The molecule has 0 aliphatic heterocycles. The summed E-state index contributed by atoms with van der Waals surface area (Å²) < 4.78 is 13.3. The first-order chi connectivity index (χ1) is 7.58. The molecule has 0 aliphatic rings. The van der Waals surface area contributed by atoms with Crippen LogP contribution in [0.4, 0.5) is 4.39 Å². The molecule has 2 aromatic rings. The molecule has 0 saturated heterocycles. The van der Waals surface area contributed by atoms with Gasteiger partial charge in [0.25, 0.3) is 0 Å². The zero-order valence-electron chi connectivity index (χ0n) is 8.40. The molecule has 1 N–H and O–H groups in total. The molecule has 0 fully saturated rings. The summed E-state index contributed by atoms with van der Waals surface area (Å²) in [6, 6.07) is 4.73. The van der Waals surface area contributed by atoms with Crippen molar-refractivity contribution in [2.24, 2.45) is 0 Å². The number of carboxylic acids is 1. The molecule has 1 heterocycles. The quantitative estimate of drug-likeness (QED) is 0.873. The van der Waals surface area contributed by atoms with Crippen molar-refractivity contribution in [3.63, 3.8) is 0 Å². The lowest BCUT2D eigenvalue weighted by Gasteiger charge is -1.98. The number of carbonyl (C=O) groups is 1. The van der Waals surface area contributed by atoms with Crippen LogP contribution in [0.15, 0.2) is 24.4 Å². The number of hydrogen-bond acceptors (Lipinski definition) is 3. The minimum atomic E-state index is -1.02. The molecular weight excluding hydrogens is 229 g/mol. The van der Waals surface area contributed by atoms with Crippen LogP contribution in [0.5, 0.6) is 0 Å². The Bertz CT molecular complexity index is 551. The van der Waals surface area contributed by atoms with Crippen molar-refractivity contribution in [1.82, 2.24) is 4.98 Å². The van der Waals surface area contributed by atoms with Gasteiger partial charge >= 0.3 is 5.97 Å². The minimum Gasteiger partial charge on any atom is -0.477 e. The van der Waals surface area contributed by atoms with Gasteiger partial charge < -0.3 is 5.11 Å². The number of hydrogen-bond donors (Lipinski definition) is 1. The van der Waals surface area contributed by atoms with Gasteiger partial charge in [0.15, 0.2) is 0 Å². The standard InChI is InChI=1S/C11H8FNO2S/c1-6-2-3-7(4-8(6)12)10-13-5-9(16-10)11(14)15/h2-5H,1H3,(H,14,15). The molecular formula is C11H8FNO2S. The van der Waals surface area contributed by atoms with E-state index in [1.807, 2.05) is 0 Å². The van der Waals surface area contributed by atoms with Crippen LogP contribution in [0, 0.1) is 12.7 Å². The highest BCUT2D eigenvalue weighted by Gasteiger charge is 2.10. The topological polar surface area (TPSA) is 50.2 Å². The Morgan fingerprint density at radius 3 is 2.81 bits per heavy atom. The van der Waals surface area contributed by atoms with E-state index in [0.29, 0.717) is 16.1 Å². The lowest BCUT2D eigenvalue weighted by atomic mass is 10.1. The second-order valence-corrected chi connectivity index (χ2v) is 4.33. The van der Waals surface area contributed by atoms with E-state index < -0.39 is 5.97 Å². The number of aryl methyl sites for hydroxylation is 1. The average molecular weight is 237 g/mol. The molecule has 2 rings (SSSR count). The maximum Gasteiger partial charge on any atom is 0.347 e. The number of benzene rings is 1. The first-order valence-corrected chi connectivity index (χ1v) is 5.35. The van der Waals surface area contributed by atoms with Gasteiger partial charge in [0.1, 0.15) is 15.7 Å². The SMILES string of the molecule is Cc1ccc(-c2ncc(C(=O)O)s2)cc1F. The van der Waals surface area contributed by atoms with E-state index in [1.165, 1.54) is 12.3 Å². The number of aromatic nitrogens is 1. The highest BCUT2D eigenvalue weighted by Crippen LogP contribution is 2.26. The number of rotatable bonds is 2. The Hall–Kier alpha value is -1.75. The third kappa shape index (κ3) is 1.94. The van der Waals surface area contributed by atoms with Gasteiger partial charge in [-0.3, -0.25) is 0 Å². The zero-order valence-corrected chi connectivity index (χ0v) is 9.21. The van der Waals surface area contributed by atoms with Crippen molar-refractivity contribution in [1.29, 1.82) is 0 Å². The van der Waals surface area contributed by atoms with Crippen LogP contribution in [0.25, 0.3) is 10.6 Å². The normalized spacial score (nSPS) is 10.4. The van der Waals surface area contributed by atoms with Crippen LogP contribution < -0.4 is 0 Å². The van der Waals surface area contributed by atoms with E-state index in [-0.39, 0.29) is 10.7 Å². The third-order valence-electron chi connectivity index (χ3n) is 2.14. The van der Waals surface area contributed by atoms with Gasteiger partial charge in [0.05, 0.1) is 6.20 Å². The number of aromatic carboxylic acids is 1. The molecule has 1 aromatic carbocycles. The molecule has 1 aromatic heterocycles. The Morgan fingerprint density at radius 2 is 2.25 bits per heavy atom. The summed E-state index contributed by atoms with van der Waals surface area (Å²) in [5.41, 5.74) is 1.15. The summed E-state index contributed by atoms with van der Waals surface area (Å²) in [6.45, 7) is 1.67. The highest BCUT2D eigenvalue weighted by molar-refractivity contribution is 7.16. The van der Waals surface area contributed by atoms with Crippen molar-refractivity contribution in [2.45, 2.75) is 6.92 Å². The summed E-state index contributed by atoms with van der Waals surface area (Å²) in [5, 5.41) is 9.25. The van der Waals surface area contributed by atoms with Gasteiger partial charge in [-0.1, -0.05) is 12.1 Å². The molecule has 0 bridgehead atoms. The fourth-order valence-electron chi connectivity index (χ4n) is 1.23. The van der Waals surface area contributed by atoms with E-state index in [9.17, 15) is 9.18 Å². The van der Waals surface area contributed by atoms with Crippen LogP contribution in [0.2, 0.25) is 0 Å². The van der Waals surface area contributed by atoms with E-state index in [2.05, 4.69) is 4.98 Å². The Morgan fingerprint density at radius 1 is 1.50 bits per heavy atom. The molecule has 0 radical (unpaired) electrons. The minimum absolute atomic E-state index is 0.149. The van der Waals surface area contributed by atoms with E-state index in [4.69, 9.17) is 5.11 Å². The smallest absolute Gasteiger partial charge is 0.347 e. The molecule has 0 aliphatic carbocycles. The van der Waals surface area contributed by atoms with E-state index in [1.54, 1.807) is 19.1 Å². The second-order valence-electron chi connectivity index (χ2n) is 3.30. The number of halogens is 1. The molecule has 5 heteroatoms. The lowest BCUT2D eigenvalue weighted by molar-refractivity contribution is 0.0702. The first-order valence-electron chi connectivity index (χ1n) is 4.53. The van der Waals surface area contributed by atoms with Crippen molar-refractivity contribution in [3.05, 3.63) is 40.7 Å². The summed E-state index contributed by atoms with van der Waals surface area (Å²) in [7, 11) is 0. The monoisotopic (exact) mass is 237 g/mol. The Kier molecular flexibility index (Phi) is 2.70.